The SMILES string of the molecule is CC(C)N(CCC(=O)O)C(=O)N1CCN(C)C(=O)C1. The fourth-order valence-electron chi connectivity index (χ4n) is 1.89. The lowest BCUT2D eigenvalue weighted by molar-refractivity contribution is -0.137. The molecule has 0 aromatic carbocycles. The molecule has 0 unspecified atom stereocenters. The van der Waals surface area contributed by atoms with Crippen LogP contribution in [0.2, 0.25) is 0 Å². The van der Waals surface area contributed by atoms with Gasteiger partial charge in [-0.1, -0.05) is 0 Å². The van der Waals surface area contributed by atoms with Gasteiger partial charge in [0.2, 0.25) is 5.91 Å². The van der Waals surface area contributed by atoms with E-state index in [1.54, 1.807) is 11.9 Å². The number of urea groups is 1. The lowest BCUT2D eigenvalue weighted by Crippen LogP contribution is -2.55. The van der Waals surface area contributed by atoms with Crippen LogP contribution >= 0.6 is 0 Å². The van der Waals surface area contributed by atoms with Crippen molar-refractivity contribution in [3.63, 3.8) is 0 Å². The van der Waals surface area contributed by atoms with Crippen LogP contribution in [0, 0.1) is 0 Å². The molecule has 1 aliphatic heterocycles. The van der Waals surface area contributed by atoms with Gasteiger partial charge in [-0.2, -0.15) is 0 Å². The van der Waals surface area contributed by atoms with Gasteiger partial charge >= 0.3 is 12.0 Å². The van der Waals surface area contributed by atoms with Crippen LogP contribution in [-0.4, -0.2) is 77.0 Å². The van der Waals surface area contributed by atoms with Gasteiger partial charge in [-0.15, -0.1) is 0 Å². The summed E-state index contributed by atoms with van der Waals surface area (Å²) in [5.41, 5.74) is 0. The van der Waals surface area contributed by atoms with Crippen LogP contribution in [-0.2, 0) is 9.59 Å². The number of piperazine rings is 1. The third-order valence-electron chi connectivity index (χ3n) is 3.16. The third kappa shape index (κ3) is 4.11. The molecule has 0 aromatic rings. The molecule has 3 amide bonds. The maximum atomic E-state index is 12.3. The molecule has 0 aliphatic carbocycles. The van der Waals surface area contributed by atoms with Crippen LogP contribution in [0.4, 0.5) is 4.79 Å². The highest BCUT2D eigenvalue weighted by Crippen LogP contribution is 2.09. The highest BCUT2D eigenvalue weighted by molar-refractivity contribution is 5.85. The van der Waals surface area contributed by atoms with Gasteiger partial charge in [0.05, 0.1) is 6.42 Å². The van der Waals surface area contributed by atoms with Crippen LogP contribution in [0.5, 0.6) is 0 Å². The number of hydrogen-bond acceptors (Lipinski definition) is 3. The molecule has 0 aromatic heterocycles. The fourth-order valence-corrected chi connectivity index (χ4v) is 1.89. The second-order valence-electron chi connectivity index (χ2n) is 4.95. The molecule has 0 spiro atoms. The standard InChI is InChI=1S/C12H21N3O4/c1-9(2)15(5-4-11(17)18)12(19)14-7-6-13(3)10(16)8-14/h9H,4-8H2,1-3H3,(H,17,18). The Morgan fingerprint density at radius 1 is 1.37 bits per heavy atom. The number of carboxylic acids is 1. The van der Waals surface area contributed by atoms with E-state index in [1.807, 2.05) is 13.8 Å². The summed E-state index contributed by atoms with van der Waals surface area (Å²) in [5, 5.41) is 8.70. The molecule has 1 saturated heterocycles. The number of carbonyl (C=O) groups is 3. The Morgan fingerprint density at radius 3 is 2.47 bits per heavy atom. The fraction of sp³-hybridized carbons (Fsp3) is 0.750. The highest BCUT2D eigenvalue weighted by atomic mass is 16.4. The number of amides is 3. The van der Waals surface area contributed by atoms with Gasteiger partial charge in [0.1, 0.15) is 6.54 Å². The van der Waals surface area contributed by atoms with Crippen molar-refractivity contribution in [2.45, 2.75) is 26.3 Å². The van der Waals surface area contributed by atoms with Gasteiger partial charge in [-0.25, -0.2) is 4.79 Å². The summed E-state index contributed by atoms with van der Waals surface area (Å²) in [5.74, 6) is -1.03. The summed E-state index contributed by atoms with van der Waals surface area (Å²) in [4.78, 5) is 39.0. The van der Waals surface area contributed by atoms with Gasteiger partial charge in [-0.05, 0) is 13.8 Å². The first-order chi connectivity index (χ1) is 8.82. The zero-order chi connectivity index (χ0) is 14.6. The van der Waals surface area contributed by atoms with Crippen molar-refractivity contribution < 1.29 is 19.5 Å². The van der Waals surface area contributed by atoms with Crippen molar-refractivity contribution >= 4 is 17.9 Å². The second-order valence-corrected chi connectivity index (χ2v) is 4.95. The predicted octanol–water partition coefficient (Wildman–Crippen LogP) is 0.0655. The van der Waals surface area contributed by atoms with E-state index in [0.29, 0.717) is 13.1 Å². The number of nitrogens with zero attached hydrogens (tertiary/aromatic N) is 3. The van der Waals surface area contributed by atoms with Gasteiger partial charge in [0.15, 0.2) is 0 Å². The quantitative estimate of drug-likeness (QED) is 0.784. The average molecular weight is 271 g/mol. The minimum atomic E-state index is -0.937. The lowest BCUT2D eigenvalue weighted by atomic mass is 10.2. The number of carbonyl (C=O) groups excluding carboxylic acids is 2. The van der Waals surface area contributed by atoms with Crippen molar-refractivity contribution in [3.05, 3.63) is 0 Å². The van der Waals surface area contributed by atoms with Crippen LogP contribution < -0.4 is 0 Å². The van der Waals surface area contributed by atoms with Crippen LogP contribution in [0.15, 0.2) is 0 Å². The third-order valence-corrected chi connectivity index (χ3v) is 3.16. The molecule has 19 heavy (non-hydrogen) atoms. The van der Waals surface area contributed by atoms with E-state index >= 15 is 0 Å². The molecule has 1 rings (SSSR count). The van der Waals surface area contributed by atoms with E-state index in [0.717, 1.165) is 0 Å². The molecule has 108 valence electrons. The van der Waals surface area contributed by atoms with E-state index in [1.165, 1.54) is 9.80 Å². The summed E-state index contributed by atoms with van der Waals surface area (Å²) in [7, 11) is 1.70. The smallest absolute Gasteiger partial charge is 0.320 e. The molecule has 0 radical (unpaired) electrons. The maximum absolute atomic E-state index is 12.3. The summed E-state index contributed by atoms with van der Waals surface area (Å²) in [6.07, 6.45) is -0.0917. The van der Waals surface area contributed by atoms with Crippen LogP contribution in [0.3, 0.4) is 0 Å². The van der Waals surface area contributed by atoms with Gasteiger partial charge in [0.25, 0.3) is 0 Å². The van der Waals surface area contributed by atoms with Crippen LogP contribution in [0.1, 0.15) is 20.3 Å². The molecule has 0 atom stereocenters. The molecule has 0 saturated carbocycles. The Kier molecular flexibility index (Phi) is 5.14. The molecular formula is C12H21N3O4. The number of carboxylic acid groups (broad SMARTS) is 1. The summed E-state index contributed by atoms with van der Waals surface area (Å²) in [6, 6.07) is -0.362. The van der Waals surface area contributed by atoms with Gasteiger partial charge in [0, 0.05) is 32.7 Å². The molecule has 1 aliphatic rings. The van der Waals surface area contributed by atoms with Gasteiger partial charge in [-0.3, -0.25) is 9.59 Å². The summed E-state index contributed by atoms with van der Waals surface area (Å²) < 4.78 is 0. The number of aliphatic carboxylic acids is 1. The lowest BCUT2D eigenvalue weighted by Gasteiger charge is -2.37. The topological polar surface area (TPSA) is 81.2 Å². The molecule has 1 heterocycles. The average Bonchev–Trinajstić information content (AvgIpc) is 2.31. The largest absolute Gasteiger partial charge is 0.481 e. The van der Waals surface area contributed by atoms with Crippen LogP contribution in [0.25, 0.3) is 0 Å². The number of hydrogen-bond donors (Lipinski definition) is 1. The minimum Gasteiger partial charge on any atom is -0.481 e. The summed E-state index contributed by atoms with van der Waals surface area (Å²) in [6.45, 7) is 4.88. The molecule has 1 fully saturated rings. The first-order valence-corrected chi connectivity index (χ1v) is 6.34. The van der Waals surface area contributed by atoms with Gasteiger partial charge < -0.3 is 19.8 Å². The Bertz CT molecular complexity index is 370. The Balaban J connectivity index is 2.66. The van der Waals surface area contributed by atoms with Crippen molar-refractivity contribution in [3.8, 4) is 0 Å². The van der Waals surface area contributed by atoms with E-state index in [2.05, 4.69) is 0 Å². The Hall–Kier alpha value is -1.79. The molecule has 0 bridgehead atoms. The van der Waals surface area contributed by atoms with E-state index in [4.69, 9.17) is 5.11 Å². The zero-order valence-corrected chi connectivity index (χ0v) is 11.6. The second kappa shape index (κ2) is 6.40. The zero-order valence-electron chi connectivity index (χ0n) is 11.6. The molecule has 1 N–H and O–H groups in total. The maximum Gasteiger partial charge on any atom is 0.320 e. The van der Waals surface area contributed by atoms with E-state index in [-0.39, 0.29) is 37.5 Å². The highest BCUT2D eigenvalue weighted by Gasteiger charge is 2.29. The monoisotopic (exact) mass is 271 g/mol. The Labute approximate surface area is 112 Å². The molecule has 7 heteroatoms. The minimum absolute atomic E-state index is 0.0611. The molecule has 7 nitrogen and oxygen atoms in total. The first kappa shape index (κ1) is 15.3. The summed E-state index contributed by atoms with van der Waals surface area (Å²) >= 11 is 0. The van der Waals surface area contributed by atoms with Crippen molar-refractivity contribution in [1.82, 2.24) is 14.7 Å². The first-order valence-electron chi connectivity index (χ1n) is 6.34. The normalized spacial score (nSPS) is 15.9. The van der Waals surface area contributed by atoms with Crippen molar-refractivity contribution in [1.29, 1.82) is 0 Å². The molecular weight excluding hydrogens is 250 g/mol. The number of rotatable bonds is 4. The Morgan fingerprint density at radius 2 is 2.00 bits per heavy atom. The predicted molar refractivity (Wildman–Crippen MR) is 68.7 cm³/mol. The van der Waals surface area contributed by atoms with E-state index < -0.39 is 5.97 Å². The van der Waals surface area contributed by atoms with E-state index in [9.17, 15) is 14.4 Å². The van der Waals surface area contributed by atoms with Crippen molar-refractivity contribution in [2.75, 3.05) is 33.2 Å². The van der Waals surface area contributed by atoms with Crippen molar-refractivity contribution in [2.24, 2.45) is 0 Å². The number of likely N-dealkylation sites (N-methyl/N-ethyl adjacent to an activating group) is 1.